The van der Waals surface area contributed by atoms with Gasteiger partial charge >= 0.3 is 0 Å². The predicted octanol–water partition coefficient (Wildman–Crippen LogP) is 2.74. The van der Waals surface area contributed by atoms with Gasteiger partial charge in [0, 0.05) is 18.0 Å². The van der Waals surface area contributed by atoms with Gasteiger partial charge in [-0.25, -0.2) is 33.7 Å². The summed E-state index contributed by atoms with van der Waals surface area (Å²) >= 11 is 0. The maximum Gasteiger partial charge on any atom is 0.281 e. The largest absolute Gasteiger partial charge is 0.386 e. The van der Waals surface area contributed by atoms with Gasteiger partial charge in [0.1, 0.15) is 17.2 Å². The fourth-order valence-corrected chi connectivity index (χ4v) is 2.77. The highest BCUT2D eigenvalue weighted by molar-refractivity contribution is 5.85. The van der Waals surface area contributed by atoms with Gasteiger partial charge in [-0.05, 0) is 18.2 Å². The van der Waals surface area contributed by atoms with Crippen molar-refractivity contribution in [3.8, 4) is 22.8 Å². The maximum atomic E-state index is 13.0. The van der Waals surface area contributed by atoms with E-state index in [1.165, 1.54) is 23.0 Å². The number of halogens is 2. The monoisotopic (exact) mass is 394 g/mol. The first-order valence-electron chi connectivity index (χ1n) is 8.63. The van der Waals surface area contributed by atoms with Crippen LogP contribution in [0.4, 0.5) is 14.5 Å². The van der Waals surface area contributed by atoms with Crippen LogP contribution in [-0.4, -0.2) is 36.7 Å². The van der Waals surface area contributed by atoms with Gasteiger partial charge in [-0.15, -0.1) is 0 Å². The van der Waals surface area contributed by atoms with Crippen molar-refractivity contribution in [2.45, 2.75) is 6.43 Å². The Bertz CT molecular complexity index is 1200. The average Bonchev–Trinajstić information content (AvgIpc) is 3.17. The average molecular weight is 394 g/mol. The predicted molar refractivity (Wildman–Crippen MR) is 105 cm³/mol. The van der Waals surface area contributed by atoms with Crippen LogP contribution < -0.4 is 11.5 Å². The highest BCUT2D eigenvalue weighted by Crippen LogP contribution is 2.25. The van der Waals surface area contributed by atoms with Gasteiger partial charge in [-0.1, -0.05) is 12.1 Å². The molecule has 0 aliphatic carbocycles. The number of hydrogen-bond acceptors (Lipinski definition) is 6. The summed E-state index contributed by atoms with van der Waals surface area (Å²) in [5.41, 5.74) is 13.8. The van der Waals surface area contributed by atoms with Gasteiger partial charge in [0.25, 0.3) is 6.43 Å². The normalized spacial score (nSPS) is 12.1. The third kappa shape index (κ3) is 3.78. The Morgan fingerprint density at radius 3 is 2.79 bits per heavy atom. The van der Waals surface area contributed by atoms with Crippen LogP contribution in [-0.2, 0) is 0 Å². The highest BCUT2D eigenvalue weighted by atomic mass is 19.3. The van der Waals surface area contributed by atoms with Crippen LogP contribution in [0, 0.1) is 0 Å². The quantitative estimate of drug-likeness (QED) is 0.397. The van der Waals surface area contributed by atoms with Crippen LogP contribution in [0.5, 0.6) is 0 Å². The van der Waals surface area contributed by atoms with Crippen molar-refractivity contribution < 1.29 is 8.78 Å². The van der Waals surface area contributed by atoms with E-state index in [4.69, 9.17) is 11.5 Å². The van der Waals surface area contributed by atoms with Gasteiger partial charge < -0.3 is 11.5 Å². The zero-order valence-electron chi connectivity index (χ0n) is 15.1. The number of nitrogens with two attached hydrogens (primary N) is 2. The van der Waals surface area contributed by atoms with E-state index in [1.54, 1.807) is 18.3 Å². The summed E-state index contributed by atoms with van der Waals surface area (Å²) in [7, 11) is 0. The van der Waals surface area contributed by atoms with Gasteiger partial charge in [0.05, 0.1) is 30.3 Å². The standard InChI is InChI=1S/C19H16F2N8/c20-18(21)14-10-29-15(8-26-17(29)9-25-14)19-24-5-4-13(28-19)11-2-1-3-12(6-11)27-16(23)7-22/h1-6,8-10,18H,7,22H2,(H2,23,27). The van der Waals surface area contributed by atoms with Crippen molar-refractivity contribution in [1.29, 1.82) is 0 Å². The third-order valence-electron chi connectivity index (χ3n) is 4.15. The molecular formula is C19H16F2N8. The molecule has 0 spiro atoms. The number of amidine groups is 1. The van der Waals surface area contributed by atoms with E-state index >= 15 is 0 Å². The number of rotatable bonds is 5. The molecule has 0 amide bonds. The fraction of sp³-hybridized carbons (Fsp3) is 0.105. The molecule has 29 heavy (non-hydrogen) atoms. The number of fused-ring (bicyclic) bond motifs is 1. The van der Waals surface area contributed by atoms with Crippen molar-refractivity contribution in [1.82, 2.24) is 24.3 Å². The number of imidazole rings is 1. The lowest BCUT2D eigenvalue weighted by Crippen LogP contribution is -2.22. The molecule has 0 aliphatic rings. The lowest BCUT2D eigenvalue weighted by molar-refractivity contribution is 0.145. The Morgan fingerprint density at radius 2 is 2.00 bits per heavy atom. The minimum Gasteiger partial charge on any atom is -0.386 e. The minimum absolute atomic E-state index is 0.158. The molecule has 0 unspecified atom stereocenters. The van der Waals surface area contributed by atoms with Crippen LogP contribution in [0.2, 0.25) is 0 Å². The lowest BCUT2D eigenvalue weighted by Gasteiger charge is -2.06. The first-order valence-corrected chi connectivity index (χ1v) is 8.63. The number of aliphatic imine (C=N–C) groups is 1. The van der Waals surface area contributed by atoms with Crippen molar-refractivity contribution in [2.75, 3.05) is 6.54 Å². The van der Waals surface area contributed by atoms with E-state index < -0.39 is 6.43 Å². The van der Waals surface area contributed by atoms with Crippen molar-refractivity contribution in [2.24, 2.45) is 16.5 Å². The molecule has 0 fully saturated rings. The highest BCUT2D eigenvalue weighted by Gasteiger charge is 2.14. The molecule has 4 rings (SSSR count). The lowest BCUT2D eigenvalue weighted by atomic mass is 10.1. The molecule has 0 saturated heterocycles. The fourth-order valence-electron chi connectivity index (χ4n) is 2.77. The van der Waals surface area contributed by atoms with Crippen LogP contribution >= 0.6 is 0 Å². The number of benzene rings is 1. The molecule has 4 aromatic rings. The molecule has 4 N–H and O–H groups in total. The molecule has 10 heteroatoms. The second kappa shape index (κ2) is 7.68. The van der Waals surface area contributed by atoms with E-state index in [-0.39, 0.29) is 12.2 Å². The van der Waals surface area contributed by atoms with Gasteiger partial charge in [-0.3, -0.25) is 4.40 Å². The molecule has 0 bridgehead atoms. The van der Waals surface area contributed by atoms with E-state index in [9.17, 15) is 8.78 Å². The zero-order valence-corrected chi connectivity index (χ0v) is 15.1. The van der Waals surface area contributed by atoms with Crippen molar-refractivity contribution in [3.05, 3.63) is 60.8 Å². The molecular weight excluding hydrogens is 378 g/mol. The van der Waals surface area contributed by atoms with Gasteiger partial charge in [-0.2, -0.15) is 0 Å². The molecule has 146 valence electrons. The zero-order chi connectivity index (χ0) is 20.4. The van der Waals surface area contributed by atoms with E-state index in [0.717, 1.165) is 5.56 Å². The number of nitrogens with zero attached hydrogens (tertiary/aromatic N) is 6. The summed E-state index contributed by atoms with van der Waals surface area (Å²) in [6, 6.07) is 9.07. The van der Waals surface area contributed by atoms with Gasteiger partial charge in [0.2, 0.25) is 0 Å². The Balaban J connectivity index is 1.76. The summed E-state index contributed by atoms with van der Waals surface area (Å²) in [6.07, 6.45) is 2.96. The van der Waals surface area contributed by atoms with Crippen LogP contribution in [0.25, 0.3) is 28.4 Å². The summed E-state index contributed by atoms with van der Waals surface area (Å²) < 4.78 is 27.5. The smallest absolute Gasteiger partial charge is 0.281 e. The van der Waals surface area contributed by atoms with E-state index in [0.29, 0.717) is 34.4 Å². The number of hydrogen-bond donors (Lipinski definition) is 2. The second-order valence-electron chi connectivity index (χ2n) is 6.11. The number of alkyl halides is 2. The third-order valence-corrected chi connectivity index (χ3v) is 4.15. The number of aromatic nitrogens is 5. The van der Waals surface area contributed by atoms with Crippen LogP contribution in [0.3, 0.4) is 0 Å². The molecule has 1 aromatic carbocycles. The van der Waals surface area contributed by atoms with Gasteiger partial charge in [0.15, 0.2) is 11.5 Å². The Morgan fingerprint density at radius 1 is 1.14 bits per heavy atom. The van der Waals surface area contributed by atoms with Crippen LogP contribution in [0.1, 0.15) is 12.1 Å². The summed E-state index contributed by atoms with van der Waals surface area (Å²) in [4.78, 5) is 21.0. The van der Waals surface area contributed by atoms with Crippen LogP contribution in [0.15, 0.2) is 60.1 Å². The van der Waals surface area contributed by atoms with Crippen molar-refractivity contribution >= 4 is 17.2 Å². The van der Waals surface area contributed by atoms with E-state index in [1.807, 2.05) is 18.2 Å². The Labute approximate surface area is 164 Å². The molecule has 0 atom stereocenters. The molecule has 0 aliphatic heterocycles. The molecule has 0 radical (unpaired) electrons. The minimum atomic E-state index is -2.69. The van der Waals surface area contributed by atoms with E-state index in [2.05, 4.69) is 24.9 Å². The SMILES string of the molecule is NCC(N)=Nc1cccc(-c2ccnc(-c3cnc4cnc(C(F)F)cn34)n2)c1. The first kappa shape index (κ1) is 18.6. The summed E-state index contributed by atoms with van der Waals surface area (Å²) in [5, 5.41) is 0. The molecule has 3 aromatic heterocycles. The first-order chi connectivity index (χ1) is 14.0. The summed E-state index contributed by atoms with van der Waals surface area (Å²) in [6.45, 7) is 0.158. The Hall–Kier alpha value is -3.79. The second-order valence-corrected chi connectivity index (χ2v) is 6.11. The Kier molecular flexibility index (Phi) is 4.92. The molecule has 3 heterocycles. The summed E-state index contributed by atoms with van der Waals surface area (Å²) in [5.74, 6) is 0.663. The maximum absolute atomic E-state index is 13.0. The topological polar surface area (TPSA) is 120 Å². The molecule has 0 saturated carbocycles. The molecule has 8 nitrogen and oxygen atoms in total. The van der Waals surface area contributed by atoms with Crippen molar-refractivity contribution in [3.63, 3.8) is 0 Å².